The lowest BCUT2D eigenvalue weighted by atomic mass is 9.75. The molecule has 0 aromatic heterocycles. The molecule has 1 fully saturated rings. The molecule has 2 unspecified atom stereocenters. The molecule has 27 heavy (non-hydrogen) atoms. The molecule has 0 spiro atoms. The summed E-state index contributed by atoms with van der Waals surface area (Å²) in [7, 11) is 0. The maximum absolute atomic E-state index is 15.2. The molecule has 0 amide bonds. The average molecular weight is 367 g/mol. The van der Waals surface area contributed by atoms with Crippen LogP contribution < -0.4 is 9.47 Å². The first-order valence-electron chi connectivity index (χ1n) is 10.00. The van der Waals surface area contributed by atoms with Crippen molar-refractivity contribution in [3.05, 3.63) is 58.4 Å². The fourth-order valence-electron chi connectivity index (χ4n) is 5.46. The van der Waals surface area contributed by atoms with E-state index in [1.54, 1.807) is 0 Å². The molecule has 3 aliphatic rings. The van der Waals surface area contributed by atoms with Crippen LogP contribution in [0.25, 0.3) is 0 Å². The van der Waals surface area contributed by atoms with E-state index < -0.39 is 0 Å². The lowest BCUT2D eigenvalue weighted by molar-refractivity contribution is 0.106. The summed E-state index contributed by atoms with van der Waals surface area (Å²) < 4.78 is 26.4. The zero-order valence-corrected chi connectivity index (χ0v) is 16.1. The van der Waals surface area contributed by atoms with Gasteiger partial charge in [0, 0.05) is 29.3 Å². The Hall–Kier alpha value is -2.07. The van der Waals surface area contributed by atoms with Crippen molar-refractivity contribution in [3.8, 4) is 11.5 Å². The molecule has 0 saturated carbocycles. The molecule has 1 aliphatic carbocycles. The van der Waals surface area contributed by atoms with Gasteiger partial charge in [0.15, 0.2) is 11.5 Å². The molecule has 1 saturated heterocycles. The van der Waals surface area contributed by atoms with Crippen LogP contribution in [0.2, 0.25) is 0 Å². The van der Waals surface area contributed by atoms with E-state index in [1.165, 1.54) is 17.2 Å². The van der Waals surface area contributed by atoms with Gasteiger partial charge in [-0.3, -0.25) is 4.90 Å². The van der Waals surface area contributed by atoms with E-state index in [-0.39, 0.29) is 18.1 Å². The Morgan fingerprint density at radius 1 is 1.22 bits per heavy atom. The van der Waals surface area contributed by atoms with Gasteiger partial charge in [-0.15, -0.1) is 0 Å². The molecule has 0 bridgehead atoms. The molecular formula is C23H26FNO2. The molecule has 4 heteroatoms. The first-order valence-corrected chi connectivity index (χ1v) is 10.00. The minimum Gasteiger partial charge on any atom is -0.453 e. The van der Waals surface area contributed by atoms with E-state index in [0.717, 1.165) is 55.6 Å². The third kappa shape index (κ3) is 2.57. The Labute approximate surface area is 160 Å². The number of rotatable bonds is 2. The number of benzene rings is 2. The lowest BCUT2D eigenvalue weighted by Gasteiger charge is -2.44. The van der Waals surface area contributed by atoms with Gasteiger partial charge < -0.3 is 9.47 Å². The Bertz CT molecular complexity index is 896. The summed E-state index contributed by atoms with van der Waals surface area (Å²) in [4.78, 5) is 2.51. The Morgan fingerprint density at radius 2 is 2.07 bits per heavy atom. The van der Waals surface area contributed by atoms with Crippen molar-refractivity contribution in [1.82, 2.24) is 4.90 Å². The number of nitrogens with zero attached hydrogens (tertiary/aromatic N) is 1. The van der Waals surface area contributed by atoms with Crippen molar-refractivity contribution in [2.45, 2.75) is 51.0 Å². The largest absolute Gasteiger partial charge is 0.453 e. The molecular weight excluding hydrogens is 341 g/mol. The summed E-state index contributed by atoms with van der Waals surface area (Å²) in [5.41, 5.74) is 4.37. The minimum atomic E-state index is -0.282. The SMILES string of the molecule is Cc1ccccc1C1CCN(C2(C)CCCc3c4c(cc(F)c32)OCO4)C1. The van der Waals surface area contributed by atoms with Gasteiger partial charge in [0.05, 0.1) is 0 Å². The highest BCUT2D eigenvalue weighted by Gasteiger charge is 2.45. The van der Waals surface area contributed by atoms with Gasteiger partial charge in [-0.25, -0.2) is 4.39 Å². The van der Waals surface area contributed by atoms with Crippen molar-refractivity contribution >= 4 is 0 Å². The van der Waals surface area contributed by atoms with Gasteiger partial charge >= 0.3 is 0 Å². The van der Waals surface area contributed by atoms with E-state index in [9.17, 15) is 0 Å². The first-order chi connectivity index (χ1) is 13.1. The van der Waals surface area contributed by atoms with Crippen molar-refractivity contribution in [3.63, 3.8) is 0 Å². The van der Waals surface area contributed by atoms with E-state index in [4.69, 9.17) is 9.47 Å². The van der Waals surface area contributed by atoms with Gasteiger partial charge in [0.2, 0.25) is 6.79 Å². The van der Waals surface area contributed by atoms with Crippen LogP contribution >= 0.6 is 0 Å². The van der Waals surface area contributed by atoms with Crippen LogP contribution in [0, 0.1) is 12.7 Å². The highest BCUT2D eigenvalue weighted by Crippen LogP contribution is 2.50. The van der Waals surface area contributed by atoms with Crippen LogP contribution in [0.1, 0.15) is 54.4 Å². The number of halogens is 1. The Kier molecular flexibility index (Phi) is 3.94. The molecule has 0 radical (unpaired) electrons. The molecule has 0 N–H and O–H groups in total. The van der Waals surface area contributed by atoms with E-state index in [0.29, 0.717) is 11.7 Å². The van der Waals surface area contributed by atoms with Crippen LogP contribution in [0.4, 0.5) is 4.39 Å². The highest BCUT2D eigenvalue weighted by molar-refractivity contribution is 5.56. The average Bonchev–Trinajstić information content (AvgIpc) is 3.32. The summed E-state index contributed by atoms with van der Waals surface area (Å²) in [6, 6.07) is 10.2. The second-order valence-corrected chi connectivity index (χ2v) is 8.36. The van der Waals surface area contributed by atoms with Gasteiger partial charge in [-0.05, 0) is 63.1 Å². The van der Waals surface area contributed by atoms with Crippen LogP contribution in [0.15, 0.2) is 30.3 Å². The minimum absolute atomic E-state index is 0.143. The number of ether oxygens (including phenoxy) is 2. The standard InChI is InChI=1S/C23H26FNO2/c1-15-6-3-4-7-17(15)16-9-11-25(13-16)23(2)10-5-8-18-21(23)19(24)12-20-22(18)27-14-26-20/h3-4,6-7,12,16H,5,8-11,13-14H2,1-2H3. The second-order valence-electron chi connectivity index (χ2n) is 8.36. The van der Waals surface area contributed by atoms with Crippen molar-refractivity contribution in [1.29, 1.82) is 0 Å². The molecule has 2 aliphatic heterocycles. The van der Waals surface area contributed by atoms with Crippen molar-refractivity contribution < 1.29 is 13.9 Å². The van der Waals surface area contributed by atoms with Gasteiger partial charge in [-0.1, -0.05) is 24.3 Å². The topological polar surface area (TPSA) is 21.7 Å². The summed E-state index contributed by atoms with van der Waals surface area (Å²) in [5, 5.41) is 0. The van der Waals surface area contributed by atoms with E-state index >= 15 is 4.39 Å². The number of likely N-dealkylation sites (tertiary alicyclic amines) is 1. The Balaban J connectivity index is 1.51. The summed E-state index contributed by atoms with van der Waals surface area (Å²) >= 11 is 0. The van der Waals surface area contributed by atoms with Crippen molar-refractivity contribution in [2.75, 3.05) is 19.9 Å². The number of hydrogen-bond acceptors (Lipinski definition) is 3. The number of hydrogen-bond donors (Lipinski definition) is 0. The van der Waals surface area contributed by atoms with E-state index in [1.807, 2.05) is 0 Å². The lowest BCUT2D eigenvalue weighted by Crippen LogP contribution is -2.45. The smallest absolute Gasteiger partial charge is 0.231 e. The molecule has 2 atom stereocenters. The Morgan fingerprint density at radius 3 is 2.93 bits per heavy atom. The van der Waals surface area contributed by atoms with Gasteiger partial charge in [0.1, 0.15) is 5.82 Å². The molecule has 2 aromatic carbocycles. The van der Waals surface area contributed by atoms with Crippen LogP contribution in [0.5, 0.6) is 11.5 Å². The molecule has 2 heterocycles. The molecule has 2 aromatic rings. The third-order valence-corrected chi connectivity index (χ3v) is 6.86. The van der Waals surface area contributed by atoms with E-state index in [2.05, 4.69) is 43.0 Å². The summed E-state index contributed by atoms with van der Waals surface area (Å²) in [6.07, 6.45) is 4.02. The third-order valence-electron chi connectivity index (χ3n) is 6.86. The van der Waals surface area contributed by atoms with Crippen molar-refractivity contribution in [2.24, 2.45) is 0 Å². The predicted octanol–water partition coefficient (Wildman–Crippen LogP) is 4.90. The first kappa shape index (κ1) is 17.1. The van der Waals surface area contributed by atoms with Gasteiger partial charge in [-0.2, -0.15) is 0 Å². The van der Waals surface area contributed by atoms with Crippen LogP contribution in [0.3, 0.4) is 0 Å². The number of fused-ring (bicyclic) bond motifs is 3. The van der Waals surface area contributed by atoms with Gasteiger partial charge in [0.25, 0.3) is 0 Å². The maximum atomic E-state index is 15.2. The molecule has 142 valence electrons. The molecule has 5 rings (SSSR count). The zero-order chi connectivity index (χ0) is 18.6. The van der Waals surface area contributed by atoms with Crippen LogP contribution in [-0.4, -0.2) is 24.8 Å². The summed E-state index contributed by atoms with van der Waals surface area (Å²) in [5.74, 6) is 1.71. The monoisotopic (exact) mass is 367 g/mol. The zero-order valence-electron chi connectivity index (χ0n) is 16.1. The highest BCUT2D eigenvalue weighted by atomic mass is 19.1. The number of aryl methyl sites for hydroxylation is 1. The summed E-state index contributed by atoms with van der Waals surface area (Å²) in [6.45, 7) is 6.59. The predicted molar refractivity (Wildman–Crippen MR) is 103 cm³/mol. The second kappa shape index (κ2) is 6.23. The van der Waals surface area contributed by atoms with Crippen LogP contribution in [-0.2, 0) is 12.0 Å². The maximum Gasteiger partial charge on any atom is 0.231 e. The normalized spacial score (nSPS) is 27.0. The fourth-order valence-corrected chi connectivity index (χ4v) is 5.46. The molecule has 3 nitrogen and oxygen atoms in total. The quantitative estimate of drug-likeness (QED) is 0.753. The fraction of sp³-hybridized carbons (Fsp3) is 0.478.